The highest BCUT2D eigenvalue weighted by atomic mass is 16.4. The summed E-state index contributed by atoms with van der Waals surface area (Å²) in [5, 5.41) is 35.6. The van der Waals surface area contributed by atoms with Gasteiger partial charge in [0.2, 0.25) is 23.6 Å². The van der Waals surface area contributed by atoms with Crippen molar-refractivity contribution in [3.63, 3.8) is 0 Å². The van der Waals surface area contributed by atoms with Crippen molar-refractivity contribution in [1.82, 2.24) is 20.9 Å². The van der Waals surface area contributed by atoms with E-state index in [9.17, 15) is 39.0 Å². The van der Waals surface area contributed by atoms with Crippen LogP contribution < -0.4 is 27.4 Å². The van der Waals surface area contributed by atoms with Crippen molar-refractivity contribution >= 4 is 46.5 Å². The van der Waals surface area contributed by atoms with E-state index < -0.39 is 85.1 Å². The Bertz CT molecular complexity index is 1230. The molecule has 0 aliphatic carbocycles. The van der Waals surface area contributed by atoms with Gasteiger partial charge in [0, 0.05) is 29.9 Å². The predicted molar refractivity (Wildman–Crippen MR) is 136 cm³/mol. The number of amides is 4. The van der Waals surface area contributed by atoms with Crippen LogP contribution in [-0.4, -0.2) is 86.1 Å². The zero-order valence-electron chi connectivity index (χ0n) is 21.0. The number of nitrogens with two attached hydrogens (primary N) is 2. The molecule has 0 aliphatic heterocycles. The molecule has 0 aliphatic rings. The second-order valence-electron chi connectivity index (χ2n) is 8.96. The summed E-state index contributed by atoms with van der Waals surface area (Å²) < 4.78 is 0. The lowest BCUT2D eigenvalue weighted by Gasteiger charge is -2.25. The lowest BCUT2D eigenvalue weighted by molar-refractivity contribution is -0.145. The van der Waals surface area contributed by atoms with E-state index in [-0.39, 0.29) is 6.42 Å². The highest BCUT2D eigenvalue weighted by molar-refractivity contribution is 5.96. The Balaban J connectivity index is 2.33. The molecule has 1 aromatic heterocycles. The van der Waals surface area contributed by atoms with Crippen LogP contribution in [0.3, 0.4) is 0 Å². The topological polar surface area (TPSA) is 267 Å². The SMILES string of the molecule is CC(O)C(NC(=O)C(CCC(=O)O)NC(=O)C(Cc1c[nH]c2ccccc12)NC(=O)C(N)CC(N)=O)C(=O)O. The molecule has 0 fully saturated rings. The molecule has 4 amide bonds. The molecule has 0 saturated carbocycles. The molecule has 0 saturated heterocycles. The van der Waals surface area contributed by atoms with Crippen molar-refractivity contribution in [3.8, 4) is 0 Å². The number of carboxylic acid groups (broad SMARTS) is 2. The van der Waals surface area contributed by atoms with E-state index in [0.29, 0.717) is 5.56 Å². The number of carboxylic acids is 2. The lowest BCUT2D eigenvalue weighted by Crippen LogP contribution is -2.58. The predicted octanol–water partition coefficient (Wildman–Crippen LogP) is -2.30. The molecule has 212 valence electrons. The average molecular weight is 549 g/mol. The van der Waals surface area contributed by atoms with E-state index in [0.717, 1.165) is 17.8 Å². The van der Waals surface area contributed by atoms with Crippen LogP contribution in [0.25, 0.3) is 10.9 Å². The molecule has 0 radical (unpaired) electrons. The fourth-order valence-electron chi connectivity index (χ4n) is 3.77. The largest absolute Gasteiger partial charge is 0.481 e. The Hall–Kier alpha value is -4.50. The van der Waals surface area contributed by atoms with E-state index in [1.54, 1.807) is 30.5 Å². The van der Waals surface area contributed by atoms with Crippen LogP contribution in [0.15, 0.2) is 30.5 Å². The minimum atomic E-state index is -1.73. The van der Waals surface area contributed by atoms with Crippen LogP contribution in [0.2, 0.25) is 0 Å². The number of para-hydroxylation sites is 1. The van der Waals surface area contributed by atoms with Crippen LogP contribution >= 0.6 is 0 Å². The number of aromatic amines is 1. The van der Waals surface area contributed by atoms with Crippen LogP contribution in [0.4, 0.5) is 0 Å². The van der Waals surface area contributed by atoms with Crippen molar-refractivity contribution in [2.24, 2.45) is 11.5 Å². The van der Waals surface area contributed by atoms with Gasteiger partial charge in [0.25, 0.3) is 0 Å². The minimum Gasteiger partial charge on any atom is -0.481 e. The molecule has 2 rings (SSSR count). The number of aliphatic hydroxyl groups is 1. The molecule has 15 heteroatoms. The number of carbonyl (C=O) groups excluding carboxylic acids is 4. The first kappa shape index (κ1) is 30.7. The number of carbonyl (C=O) groups is 6. The number of nitrogens with one attached hydrogen (secondary N) is 4. The third-order valence-electron chi connectivity index (χ3n) is 5.82. The van der Waals surface area contributed by atoms with Crippen LogP contribution in [-0.2, 0) is 35.2 Å². The van der Waals surface area contributed by atoms with Gasteiger partial charge < -0.3 is 47.7 Å². The zero-order chi connectivity index (χ0) is 29.3. The Labute approximate surface area is 222 Å². The minimum absolute atomic E-state index is 0.0937. The van der Waals surface area contributed by atoms with Crippen molar-refractivity contribution in [3.05, 3.63) is 36.0 Å². The number of fused-ring (bicyclic) bond motifs is 1. The molecular formula is C24H32N6O9. The van der Waals surface area contributed by atoms with Gasteiger partial charge in [0.05, 0.1) is 18.6 Å². The number of rotatable bonds is 15. The van der Waals surface area contributed by atoms with Crippen LogP contribution in [0.5, 0.6) is 0 Å². The lowest BCUT2D eigenvalue weighted by atomic mass is 10.0. The summed E-state index contributed by atoms with van der Waals surface area (Å²) in [6.45, 7) is 1.13. The third-order valence-corrected chi connectivity index (χ3v) is 5.82. The van der Waals surface area contributed by atoms with Gasteiger partial charge in [-0.05, 0) is 25.0 Å². The van der Waals surface area contributed by atoms with E-state index >= 15 is 0 Å². The van der Waals surface area contributed by atoms with Gasteiger partial charge in [-0.1, -0.05) is 18.2 Å². The average Bonchev–Trinajstić information content (AvgIpc) is 3.26. The summed E-state index contributed by atoms with van der Waals surface area (Å²) in [5.74, 6) is -6.51. The fourth-order valence-corrected chi connectivity index (χ4v) is 3.77. The molecule has 5 atom stereocenters. The Kier molecular flexibility index (Phi) is 10.9. The molecule has 2 aromatic rings. The molecule has 0 spiro atoms. The summed E-state index contributed by atoms with van der Waals surface area (Å²) in [6, 6.07) is 1.16. The Morgan fingerprint density at radius 3 is 2.15 bits per heavy atom. The van der Waals surface area contributed by atoms with Crippen molar-refractivity contribution in [1.29, 1.82) is 0 Å². The first-order valence-corrected chi connectivity index (χ1v) is 11.9. The molecular weight excluding hydrogens is 516 g/mol. The number of primary amides is 1. The number of aliphatic hydroxyl groups excluding tert-OH is 1. The summed E-state index contributed by atoms with van der Waals surface area (Å²) in [7, 11) is 0. The van der Waals surface area contributed by atoms with E-state index in [2.05, 4.69) is 20.9 Å². The summed E-state index contributed by atoms with van der Waals surface area (Å²) in [6.07, 6.45) is -1.45. The van der Waals surface area contributed by atoms with Gasteiger partial charge in [-0.2, -0.15) is 0 Å². The van der Waals surface area contributed by atoms with Gasteiger partial charge in [-0.25, -0.2) is 4.79 Å². The standard InChI is InChI=1S/C24H32N6O9/c1-11(31)20(24(38)39)30-22(36)16(6-7-19(33)34)28-23(37)17(29-21(35)14(25)9-18(26)32)8-12-10-27-15-5-3-2-4-13(12)15/h2-5,10-11,14,16-17,20,27,31H,6-9,25H2,1H3,(H2,26,32)(H,28,37)(H,29,35)(H,30,36)(H,33,34)(H,38,39). The summed E-state index contributed by atoms with van der Waals surface area (Å²) >= 11 is 0. The van der Waals surface area contributed by atoms with Crippen molar-refractivity contribution in [2.45, 2.75) is 62.9 Å². The molecule has 39 heavy (non-hydrogen) atoms. The van der Waals surface area contributed by atoms with Crippen molar-refractivity contribution in [2.75, 3.05) is 0 Å². The third kappa shape index (κ3) is 9.08. The monoisotopic (exact) mass is 548 g/mol. The van der Waals surface area contributed by atoms with E-state index in [1.807, 2.05) is 0 Å². The maximum absolute atomic E-state index is 13.3. The molecule has 11 N–H and O–H groups in total. The second kappa shape index (κ2) is 13.9. The Morgan fingerprint density at radius 2 is 1.56 bits per heavy atom. The van der Waals surface area contributed by atoms with Gasteiger partial charge >= 0.3 is 11.9 Å². The fraction of sp³-hybridized carbons (Fsp3) is 0.417. The molecule has 15 nitrogen and oxygen atoms in total. The van der Waals surface area contributed by atoms with E-state index in [4.69, 9.17) is 16.6 Å². The molecule has 5 unspecified atom stereocenters. The summed E-state index contributed by atoms with van der Waals surface area (Å²) in [5.41, 5.74) is 12.2. The first-order chi connectivity index (χ1) is 18.3. The molecule has 1 aromatic carbocycles. The maximum Gasteiger partial charge on any atom is 0.328 e. The number of hydrogen-bond acceptors (Lipinski definition) is 8. The first-order valence-electron chi connectivity index (χ1n) is 11.9. The Morgan fingerprint density at radius 1 is 0.949 bits per heavy atom. The van der Waals surface area contributed by atoms with Gasteiger partial charge in [0.15, 0.2) is 6.04 Å². The molecule has 1 heterocycles. The number of benzene rings is 1. The van der Waals surface area contributed by atoms with Crippen LogP contribution in [0, 0.1) is 0 Å². The smallest absolute Gasteiger partial charge is 0.328 e. The number of aliphatic carboxylic acids is 2. The van der Waals surface area contributed by atoms with Gasteiger partial charge in [-0.15, -0.1) is 0 Å². The quantitative estimate of drug-likeness (QED) is 0.115. The van der Waals surface area contributed by atoms with Crippen LogP contribution in [0.1, 0.15) is 31.7 Å². The van der Waals surface area contributed by atoms with Gasteiger partial charge in [-0.3, -0.25) is 24.0 Å². The van der Waals surface area contributed by atoms with Gasteiger partial charge in [0.1, 0.15) is 12.1 Å². The maximum atomic E-state index is 13.3. The number of hydrogen-bond donors (Lipinski definition) is 9. The number of aromatic nitrogens is 1. The normalized spacial score (nSPS) is 14.8. The second-order valence-corrected chi connectivity index (χ2v) is 8.96. The van der Waals surface area contributed by atoms with Crippen molar-refractivity contribution < 1.29 is 44.1 Å². The van der Waals surface area contributed by atoms with E-state index in [1.165, 1.54) is 0 Å². The molecule has 0 bridgehead atoms. The zero-order valence-corrected chi connectivity index (χ0v) is 21.0. The highest BCUT2D eigenvalue weighted by Gasteiger charge is 2.32. The summed E-state index contributed by atoms with van der Waals surface area (Å²) in [4.78, 5) is 75.5. The number of H-pyrrole nitrogens is 1. The highest BCUT2D eigenvalue weighted by Crippen LogP contribution is 2.19.